The van der Waals surface area contributed by atoms with E-state index in [1.165, 1.54) is 22.2 Å². The van der Waals surface area contributed by atoms with E-state index in [9.17, 15) is 14.4 Å². The topological polar surface area (TPSA) is 78.3 Å². The molecule has 0 saturated carbocycles. The summed E-state index contributed by atoms with van der Waals surface area (Å²) in [5.41, 5.74) is 2.45. The number of Topliss-reactive ketones (excluding diaryl/α,β-unsaturated/α-hetero) is 1. The third-order valence-electron chi connectivity index (χ3n) is 4.65. The summed E-state index contributed by atoms with van der Waals surface area (Å²) in [7, 11) is 0. The van der Waals surface area contributed by atoms with E-state index in [0.717, 1.165) is 24.0 Å². The molecule has 0 bridgehead atoms. The van der Waals surface area contributed by atoms with Crippen LogP contribution in [0, 0.1) is 13.8 Å². The Hall–Kier alpha value is -2.80. The van der Waals surface area contributed by atoms with Crippen LogP contribution in [-0.2, 0) is 11.3 Å². The standard InChI is InChI=1S/C21H22N2O4S/c1-4-5-8-27-21(26)16-11-28-19-18(16)20(25)23(12-22-19)10-17(24)15-7-6-13(2)14(3)9-15/h6-7,9,11-12H,4-5,8,10H2,1-3H3. The molecule has 0 fully saturated rings. The van der Waals surface area contributed by atoms with E-state index in [1.807, 2.05) is 32.9 Å². The molecule has 0 unspecified atom stereocenters. The lowest BCUT2D eigenvalue weighted by atomic mass is 10.0. The molecular weight excluding hydrogens is 376 g/mol. The van der Waals surface area contributed by atoms with Crippen molar-refractivity contribution in [3.63, 3.8) is 0 Å². The van der Waals surface area contributed by atoms with Crippen LogP contribution >= 0.6 is 11.3 Å². The van der Waals surface area contributed by atoms with Crippen molar-refractivity contribution in [2.24, 2.45) is 0 Å². The number of ether oxygens (including phenoxy) is 1. The van der Waals surface area contributed by atoms with E-state index >= 15 is 0 Å². The highest BCUT2D eigenvalue weighted by molar-refractivity contribution is 7.17. The zero-order chi connectivity index (χ0) is 20.3. The lowest BCUT2D eigenvalue weighted by Crippen LogP contribution is -2.25. The molecule has 6 nitrogen and oxygen atoms in total. The van der Waals surface area contributed by atoms with Gasteiger partial charge in [0.25, 0.3) is 5.56 Å². The van der Waals surface area contributed by atoms with Crippen molar-refractivity contribution in [1.82, 2.24) is 9.55 Å². The second kappa shape index (κ2) is 8.48. The predicted octanol–water partition coefficient (Wildman–Crippen LogP) is 3.91. The lowest BCUT2D eigenvalue weighted by molar-refractivity contribution is 0.0502. The molecule has 0 amide bonds. The number of aryl methyl sites for hydroxylation is 2. The molecule has 0 atom stereocenters. The highest BCUT2D eigenvalue weighted by Gasteiger charge is 2.19. The fourth-order valence-corrected chi connectivity index (χ4v) is 3.64. The normalized spacial score (nSPS) is 11.0. The molecule has 0 spiro atoms. The number of hydrogen-bond acceptors (Lipinski definition) is 6. The van der Waals surface area contributed by atoms with Crippen LogP contribution < -0.4 is 5.56 Å². The van der Waals surface area contributed by atoms with Crippen molar-refractivity contribution in [2.45, 2.75) is 40.2 Å². The Morgan fingerprint density at radius 2 is 2.00 bits per heavy atom. The van der Waals surface area contributed by atoms with Gasteiger partial charge in [-0.3, -0.25) is 14.2 Å². The number of unbranched alkanes of at least 4 members (excludes halogenated alkanes) is 1. The molecule has 146 valence electrons. The molecule has 7 heteroatoms. The number of thiophene rings is 1. The van der Waals surface area contributed by atoms with Crippen molar-refractivity contribution >= 4 is 33.3 Å². The number of nitrogens with zero attached hydrogens (tertiary/aromatic N) is 2. The summed E-state index contributed by atoms with van der Waals surface area (Å²) in [6.45, 7) is 6.09. The Morgan fingerprint density at radius 1 is 1.21 bits per heavy atom. The maximum atomic E-state index is 12.9. The molecule has 1 aromatic carbocycles. The molecule has 0 aliphatic rings. The Kier molecular flexibility index (Phi) is 6.04. The zero-order valence-corrected chi connectivity index (χ0v) is 17.0. The largest absolute Gasteiger partial charge is 0.462 e. The van der Waals surface area contributed by atoms with Gasteiger partial charge in [0.15, 0.2) is 5.78 Å². The number of rotatable bonds is 7. The minimum atomic E-state index is -0.531. The Balaban J connectivity index is 1.90. The third kappa shape index (κ3) is 4.04. The lowest BCUT2D eigenvalue weighted by Gasteiger charge is -2.07. The number of aromatic nitrogens is 2. The van der Waals surface area contributed by atoms with Crippen LogP contribution in [0.25, 0.3) is 10.2 Å². The molecule has 0 aliphatic carbocycles. The van der Waals surface area contributed by atoms with Gasteiger partial charge in [-0.2, -0.15) is 0 Å². The van der Waals surface area contributed by atoms with Gasteiger partial charge in [0.1, 0.15) is 4.83 Å². The fourth-order valence-electron chi connectivity index (χ4n) is 2.78. The average molecular weight is 398 g/mol. The minimum absolute atomic E-state index is 0.134. The van der Waals surface area contributed by atoms with E-state index in [1.54, 1.807) is 11.4 Å². The molecule has 0 aliphatic heterocycles. The van der Waals surface area contributed by atoms with E-state index < -0.39 is 11.5 Å². The summed E-state index contributed by atoms with van der Waals surface area (Å²) in [5.74, 6) is -0.717. The highest BCUT2D eigenvalue weighted by atomic mass is 32.1. The number of hydrogen-bond donors (Lipinski definition) is 0. The number of carbonyl (C=O) groups excluding carboxylic acids is 2. The van der Waals surface area contributed by atoms with Gasteiger partial charge in [-0.1, -0.05) is 25.5 Å². The van der Waals surface area contributed by atoms with E-state index in [4.69, 9.17) is 4.74 Å². The first-order valence-electron chi connectivity index (χ1n) is 9.16. The smallest absolute Gasteiger partial charge is 0.339 e. The summed E-state index contributed by atoms with van der Waals surface area (Å²) in [4.78, 5) is 42.5. The number of benzene rings is 1. The van der Waals surface area contributed by atoms with Crippen molar-refractivity contribution in [2.75, 3.05) is 6.61 Å². The van der Waals surface area contributed by atoms with Crippen molar-refractivity contribution in [1.29, 1.82) is 0 Å². The van der Waals surface area contributed by atoms with E-state index in [2.05, 4.69) is 4.98 Å². The van der Waals surface area contributed by atoms with Gasteiger partial charge in [-0.05, 0) is 37.5 Å². The van der Waals surface area contributed by atoms with E-state index in [-0.39, 0.29) is 23.3 Å². The molecule has 0 N–H and O–H groups in total. The quantitative estimate of drug-likeness (QED) is 0.342. The molecule has 2 heterocycles. The van der Waals surface area contributed by atoms with Crippen LogP contribution in [0.2, 0.25) is 0 Å². The number of fused-ring (bicyclic) bond motifs is 1. The zero-order valence-electron chi connectivity index (χ0n) is 16.2. The van der Waals surface area contributed by atoms with Crippen molar-refractivity contribution in [3.05, 3.63) is 62.5 Å². The first kappa shape index (κ1) is 19.9. The Labute approximate surface area is 166 Å². The SMILES string of the molecule is CCCCOC(=O)c1csc2ncn(CC(=O)c3ccc(C)c(C)c3)c(=O)c12. The molecule has 0 saturated heterocycles. The molecule has 28 heavy (non-hydrogen) atoms. The summed E-state index contributed by atoms with van der Waals surface area (Å²) >= 11 is 1.21. The predicted molar refractivity (Wildman–Crippen MR) is 109 cm³/mol. The number of ketones is 1. The van der Waals surface area contributed by atoms with Gasteiger partial charge in [0.2, 0.25) is 0 Å². The van der Waals surface area contributed by atoms with Crippen molar-refractivity contribution in [3.8, 4) is 0 Å². The highest BCUT2D eigenvalue weighted by Crippen LogP contribution is 2.22. The van der Waals surface area contributed by atoms with Crippen LogP contribution in [0.1, 0.15) is 51.6 Å². The summed E-state index contributed by atoms with van der Waals surface area (Å²) in [6, 6.07) is 5.45. The first-order valence-corrected chi connectivity index (χ1v) is 10.0. The molecule has 3 aromatic rings. The van der Waals surface area contributed by atoms with Crippen LogP contribution in [0.5, 0.6) is 0 Å². The van der Waals surface area contributed by atoms with Gasteiger partial charge in [0.05, 0.1) is 30.4 Å². The number of esters is 1. The number of carbonyl (C=O) groups is 2. The maximum Gasteiger partial charge on any atom is 0.339 e. The molecular formula is C21H22N2O4S. The Morgan fingerprint density at radius 3 is 2.71 bits per heavy atom. The second-order valence-corrected chi connectivity index (χ2v) is 7.58. The van der Waals surface area contributed by atoms with Crippen molar-refractivity contribution < 1.29 is 14.3 Å². The maximum absolute atomic E-state index is 12.9. The van der Waals surface area contributed by atoms with Gasteiger partial charge in [-0.25, -0.2) is 9.78 Å². The van der Waals surface area contributed by atoms with Crippen LogP contribution in [0.4, 0.5) is 0 Å². The van der Waals surface area contributed by atoms with Gasteiger partial charge in [0, 0.05) is 10.9 Å². The van der Waals surface area contributed by atoms with Crippen LogP contribution in [0.3, 0.4) is 0 Å². The van der Waals surface area contributed by atoms with Gasteiger partial charge < -0.3 is 4.74 Å². The second-order valence-electron chi connectivity index (χ2n) is 6.72. The van der Waals surface area contributed by atoms with Crippen LogP contribution in [0.15, 0.2) is 34.7 Å². The molecule has 2 aromatic heterocycles. The summed E-state index contributed by atoms with van der Waals surface area (Å²) < 4.78 is 6.47. The van der Waals surface area contributed by atoms with E-state index in [0.29, 0.717) is 17.0 Å². The van der Waals surface area contributed by atoms with Gasteiger partial charge >= 0.3 is 5.97 Å². The monoisotopic (exact) mass is 398 g/mol. The Bertz CT molecular complexity index is 1100. The molecule has 0 radical (unpaired) electrons. The van der Waals surface area contributed by atoms with Gasteiger partial charge in [-0.15, -0.1) is 11.3 Å². The minimum Gasteiger partial charge on any atom is -0.462 e. The average Bonchev–Trinajstić information content (AvgIpc) is 3.11. The summed E-state index contributed by atoms with van der Waals surface area (Å²) in [6.07, 6.45) is 3.03. The first-order chi connectivity index (χ1) is 13.4. The summed E-state index contributed by atoms with van der Waals surface area (Å²) in [5, 5.41) is 1.80. The van der Waals surface area contributed by atoms with Crippen LogP contribution in [-0.4, -0.2) is 27.9 Å². The fraction of sp³-hybridized carbons (Fsp3) is 0.333. The molecule has 3 rings (SSSR count). The third-order valence-corrected chi connectivity index (χ3v) is 5.54.